The highest BCUT2D eigenvalue weighted by atomic mass is 35.5. The van der Waals surface area contributed by atoms with Crippen molar-refractivity contribution in [3.63, 3.8) is 0 Å². The first-order valence-electron chi connectivity index (χ1n) is 8.62. The number of fused-ring (bicyclic) bond motifs is 1. The van der Waals surface area contributed by atoms with E-state index < -0.39 is 0 Å². The van der Waals surface area contributed by atoms with E-state index in [0.29, 0.717) is 34.9 Å². The maximum absolute atomic E-state index is 11.9. The van der Waals surface area contributed by atoms with Gasteiger partial charge in [0.1, 0.15) is 5.75 Å². The number of aromatic nitrogens is 3. The lowest BCUT2D eigenvalue weighted by Crippen LogP contribution is -2.40. The van der Waals surface area contributed by atoms with E-state index in [0.717, 1.165) is 24.2 Å². The number of methoxy groups -OCH3 is 1. The van der Waals surface area contributed by atoms with Crippen molar-refractivity contribution in [1.29, 1.82) is 0 Å². The molecular weight excluding hydrogens is 388 g/mol. The van der Waals surface area contributed by atoms with E-state index in [1.807, 2.05) is 18.2 Å². The number of hydrogen-bond donors (Lipinski definition) is 1. The molecule has 1 aliphatic rings. The molecule has 0 spiro atoms. The zero-order valence-electron chi connectivity index (χ0n) is 14.8. The molecule has 0 amide bonds. The summed E-state index contributed by atoms with van der Waals surface area (Å²) < 4.78 is 12.5. The normalized spacial score (nSPS) is 16.4. The third kappa shape index (κ3) is 3.52. The molecule has 0 radical (unpaired) electrons. The highest BCUT2D eigenvalue weighted by Gasteiger charge is 2.37. The van der Waals surface area contributed by atoms with Crippen LogP contribution in [0.4, 0.5) is 5.13 Å². The molecule has 142 valence electrons. The van der Waals surface area contributed by atoms with Crippen LogP contribution in [-0.4, -0.2) is 41.5 Å². The Morgan fingerprint density at radius 1 is 1.37 bits per heavy atom. The van der Waals surface area contributed by atoms with Crippen molar-refractivity contribution in [1.82, 2.24) is 14.6 Å². The fraction of sp³-hybridized carbons (Fsp3) is 0.389. The highest BCUT2D eigenvalue weighted by molar-refractivity contribution is 7.20. The Bertz CT molecular complexity index is 1010. The van der Waals surface area contributed by atoms with Crippen LogP contribution in [0, 0.1) is 0 Å². The maximum Gasteiger partial charge on any atom is 0.275 e. The van der Waals surface area contributed by atoms with Gasteiger partial charge in [-0.15, -0.1) is 5.10 Å². The molecule has 0 aliphatic carbocycles. The van der Waals surface area contributed by atoms with Crippen LogP contribution < -0.4 is 15.6 Å². The first-order chi connectivity index (χ1) is 13.1. The monoisotopic (exact) mass is 406 g/mol. The lowest BCUT2D eigenvalue weighted by molar-refractivity contribution is 0.0536. The Hall–Kier alpha value is -2.16. The van der Waals surface area contributed by atoms with Gasteiger partial charge in [0.2, 0.25) is 10.1 Å². The zero-order chi connectivity index (χ0) is 18.9. The van der Waals surface area contributed by atoms with Gasteiger partial charge >= 0.3 is 0 Å². The fourth-order valence-corrected chi connectivity index (χ4v) is 4.40. The summed E-state index contributed by atoms with van der Waals surface area (Å²) in [5.74, 6) is 0.810. The summed E-state index contributed by atoms with van der Waals surface area (Å²) in [4.78, 5) is 16.7. The summed E-state index contributed by atoms with van der Waals surface area (Å²) in [5, 5.41) is 9.06. The van der Waals surface area contributed by atoms with Crippen molar-refractivity contribution in [2.24, 2.45) is 0 Å². The standard InChI is InChI=1S/C18H19ClN4O3S/c1-25-14-3-2-12(19)10-13(14)18(5-8-26-9-6-18)11-21-16-22-23-15(24)4-7-20-17(23)27-16/h2-4,7,10H,5-6,8-9,11H2,1H3,(H,21,22). The van der Waals surface area contributed by atoms with Gasteiger partial charge in [-0.2, -0.15) is 4.52 Å². The van der Waals surface area contributed by atoms with E-state index in [2.05, 4.69) is 15.4 Å². The second-order valence-corrected chi connectivity index (χ2v) is 7.87. The molecule has 1 saturated heterocycles. The van der Waals surface area contributed by atoms with Gasteiger partial charge in [-0.1, -0.05) is 22.9 Å². The minimum Gasteiger partial charge on any atom is -0.496 e. The van der Waals surface area contributed by atoms with Crippen LogP contribution in [0.5, 0.6) is 5.75 Å². The van der Waals surface area contributed by atoms with Crippen molar-refractivity contribution in [2.45, 2.75) is 18.3 Å². The molecular formula is C18H19ClN4O3S. The predicted molar refractivity (Wildman–Crippen MR) is 105 cm³/mol. The average Bonchev–Trinajstić information content (AvgIpc) is 3.12. The Morgan fingerprint density at radius 3 is 2.93 bits per heavy atom. The second-order valence-electron chi connectivity index (χ2n) is 6.48. The molecule has 3 aromatic rings. The first kappa shape index (κ1) is 18.2. The molecule has 1 aromatic carbocycles. The fourth-order valence-electron chi connectivity index (χ4n) is 3.46. The molecule has 0 atom stereocenters. The van der Waals surface area contributed by atoms with Crippen molar-refractivity contribution in [3.8, 4) is 5.75 Å². The van der Waals surface area contributed by atoms with Crippen molar-refractivity contribution in [2.75, 3.05) is 32.2 Å². The molecule has 4 rings (SSSR count). The molecule has 0 unspecified atom stereocenters. The Kier molecular flexibility index (Phi) is 5.03. The van der Waals surface area contributed by atoms with Crippen LogP contribution in [-0.2, 0) is 10.2 Å². The van der Waals surface area contributed by atoms with E-state index in [9.17, 15) is 4.79 Å². The van der Waals surface area contributed by atoms with Crippen molar-refractivity contribution < 1.29 is 9.47 Å². The average molecular weight is 407 g/mol. The van der Waals surface area contributed by atoms with Crippen LogP contribution >= 0.6 is 22.9 Å². The SMILES string of the molecule is COc1ccc(Cl)cc1C1(CNc2nn3c(=O)ccnc3s2)CCOCC1. The molecule has 1 N–H and O–H groups in total. The molecule has 7 nitrogen and oxygen atoms in total. The van der Waals surface area contributed by atoms with Crippen molar-refractivity contribution >= 4 is 33.0 Å². The van der Waals surface area contributed by atoms with E-state index in [4.69, 9.17) is 21.1 Å². The largest absolute Gasteiger partial charge is 0.496 e. The Labute approximate surface area is 164 Å². The minimum absolute atomic E-state index is 0.193. The van der Waals surface area contributed by atoms with Gasteiger partial charge in [-0.05, 0) is 31.0 Å². The molecule has 1 aliphatic heterocycles. The molecule has 27 heavy (non-hydrogen) atoms. The van der Waals surface area contributed by atoms with Crippen LogP contribution in [0.25, 0.3) is 4.96 Å². The molecule has 9 heteroatoms. The quantitative estimate of drug-likeness (QED) is 0.701. The number of nitrogens with zero attached hydrogens (tertiary/aromatic N) is 3. The van der Waals surface area contributed by atoms with E-state index in [1.54, 1.807) is 7.11 Å². The first-order valence-corrected chi connectivity index (χ1v) is 9.81. The molecule has 0 saturated carbocycles. The zero-order valence-corrected chi connectivity index (χ0v) is 16.3. The second kappa shape index (κ2) is 7.46. The topological polar surface area (TPSA) is 77.8 Å². The summed E-state index contributed by atoms with van der Waals surface area (Å²) in [6.07, 6.45) is 3.16. The van der Waals surface area contributed by atoms with Gasteiger partial charge in [0.15, 0.2) is 0 Å². The van der Waals surface area contributed by atoms with Gasteiger partial charge in [0.05, 0.1) is 7.11 Å². The van der Waals surface area contributed by atoms with Crippen LogP contribution in [0.1, 0.15) is 18.4 Å². The summed E-state index contributed by atoms with van der Waals surface area (Å²) >= 11 is 7.63. The third-order valence-electron chi connectivity index (χ3n) is 4.93. The number of benzene rings is 1. The smallest absolute Gasteiger partial charge is 0.275 e. The lowest BCUT2D eigenvalue weighted by Gasteiger charge is -2.38. The summed E-state index contributed by atoms with van der Waals surface area (Å²) in [7, 11) is 1.67. The lowest BCUT2D eigenvalue weighted by atomic mass is 9.73. The Balaban J connectivity index is 1.67. The van der Waals surface area contributed by atoms with Crippen LogP contribution in [0.3, 0.4) is 0 Å². The third-order valence-corrected chi connectivity index (χ3v) is 6.05. The van der Waals surface area contributed by atoms with Crippen LogP contribution in [0.15, 0.2) is 35.3 Å². The van der Waals surface area contributed by atoms with E-state index in [-0.39, 0.29) is 11.0 Å². The Morgan fingerprint density at radius 2 is 2.19 bits per heavy atom. The molecule has 0 bridgehead atoms. The van der Waals surface area contributed by atoms with E-state index >= 15 is 0 Å². The van der Waals surface area contributed by atoms with Crippen molar-refractivity contribution in [3.05, 3.63) is 51.4 Å². The number of ether oxygens (including phenoxy) is 2. The molecule has 2 aromatic heterocycles. The minimum atomic E-state index is -0.204. The number of rotatable bonds is 5. The maximum atomic E-state index is 11.9. The number of halogens is 1. The van der Waals surface area contributed by atoms with E-state index in [1.165, 1.54) is 28.1 Å². The highest BCUT2D eigenvalue weighted by Crippen LogP contribution is 2.41. The van der Waals surface area contributed by atoms with Crippen LogP contribution in [0.2, 0.25) is 5.02 Å². The van der Waals surface area contributed by atoms with Gasteiger partial charge in [0, 0.05) is 48.0 Å². The van der Waals surface area contributed by atoms with Gasteiger partial charge in [-0.25, -0.2) is 4.98 Å². The predicted octanol–water partition coefficient (Wildman–Crippen LogP) is 2.97. The summed E-state index contributed by atoms with van der Waals surface area (Å²) in [5.41, 5.74) is 0.663. The molecule has 1 fully saturated rings. The van der Waals surface area contributed by atoms with Gasteiger partial charge in [-0.3, -0.25) is 4.79 Å². The summed E-state index contributed by atoms with van der Waals surface area (Å²) in [6, 6.07) is 7.09. The molecule has 3 heterocycles. The number of anilines is 1. The summed E-state index contributed by atoms with van der Waals surface area (Å²) in [6.45, 7) is 1.96. The number of nitrogens with one attached hydrogen (secondary N) is 1. The number of hydrogen-bond acceptors (Lipinski definition) is 7. The van der Waals surface area contributed by atoms with Gasteiger partial charge in [0.25, 0.3) is 5.56 Å². The van der Waals surface area contributed by atoms with Gasteiger partial charge < -0.3 is 14.8 Å².